The molecule has 2 aliphatic heterocycles. The van der Waals surface area contributed by atoms with E-state index < -0.39 is 0 Å². The van der Waals surface area contributed by atoms with Crippen LogP contribution in [0.5, 0.6) is 0 Å². The van der Waals surface area contributed by atoms with E-state index >= 15 is 0 Å². The summed E-state index contributed by atoms with van der Waals surface area (Å²) in [5.74, 6) is 0.261. The van der Waals surface area contributed by atoms with E-state index in [1.165, 1.54) is 24.8 Å². The van der Waals surface area contributed by atoms with Crippen LogP contribution in [0.2, 0.25) is 0 Å². The number of likely N-dealkylation sites (N-methyl/N-ethyl adjacent to an activating group) is 2. The third kappa shape index (κ3) is 7.30. The molecule has 172 valence electrons. The molecule has 1 aromatic rings. The van der Waals surface area contributed by atoms with Gasteiger partial charge in [0.05, 0.1) is 6.54 Å². The van der Waals surface area contributed by atoms with Crippen molar-refractivity contribution in [1.82, 2.24) is 24.5 Å². The van der Waals surface area contributed by atoms with Crippen molar-refractivity contribution in [3.8, 4) is 0 Å². The number of hydrogen-bond acceptors (Lipinski definition) is 5. The molecule has 0 saturated carbocycles. The number of nitrogens with zero attached hydrogens (tertiary/aromatic N) is 5. The maximum Gasteiger partial charge on any atom is 0.253 e. The summed E-state index contributed by atoms with van der Waals surface area (Å²) in [5.41, 5.74) is 1.99. The molecule has 2 heterocycles. The lowest BCUT2D eigenvalue weighted by Crippen LogP contribution is -2.48. The van der Waals surface area contributed by atoms with Crippen LogP contribution >= 0.6 is 0 Å². The first-order chi connectivity index (χ1) is 14.9. The van der Waals surface area contributed by atoms with Crippen LogP contribution in [-0.4, -0.2) is 116 Å². The Kier molecular flexibility index (Phi) is 8.87. The molecule has 0 radical (unpaired) electrons. The Morgan fingerprint density at radius 1 is 0.806 bits per heavy atom. The Hall–Kier alpha value is -1.96. The molecule has 0 aromatic heterocycles. The van der Waals surface area contributed by atoms with E-state index in [2.05, 4.69) is 26.8 Å². The van der Waals surface area contributed by atoms with Gasteiger partial charge >= 0.3 is 0 Å². The first-order valence-electron chi connectivity index (χ1n) is 11.6. The molecule has 0 unspecified atom stereocenters. The third-order valence-electron chi connectivity index (χ3n) is 6.48. The van der Waals surface area contributed by atoms with Crippen LogP contribution in [-0.2, 0) is 11.3 Å². The second kappa shape index (κ2) is 11.6. The molecule has 2 amide bonds. The Balaban J connectivity index is 1.41. The van der Waals surface area contributed by atoms with Crippen molar-refractivity contribution in [3.05, 3.63) is 35.4 Å². The molecule has 0 N–H and O–H groups in total. The molecule has 3 rings (SSSR count). The first-order valence-corrected chi connectivity index (χ1v) is 11.6. The highest BCUT2D eigenvalue weighted by Crippen LogP contribution is 2.12. The molecule has 2 aliphatic rings. The number of carbonyl (C=O) groups excluding carboxylic acids is 2. The van der Waals surface area contributed by atoms with E-state index in [0.717, 1.165) is 64.5 Å². The summed E-state index contributed by atoms with van der Waals surface area (Å²) in [6, 6.07) is 8.07. The van der Waals surface area contributed by atoms with Crippen molar-refractivity contribution in [3.63, 3.8) is 0 Å². The predicted octanol–water partition coefficient (Wildman–Crippen LogP) is 1.45. The molecule has 7 heteroatoms. The lowest BCUT2D eigenvalue weighted by molar-refractivity contribution is -0.130. The quantitative estimate of drug-likeness (QED) is 0.626. The summed E-state index contributed by atoms with van der Waals surface area (Å²) in [4.78, 5) is 35.2. The van der Waals surface area contributed by atoms with Crippen LogP contribution in [0.25, 0.3) is 0 Å². The summed E-state index contributed by atoms with van der Waals surface area (Å²) >= 11 is 0. The van der Waals surface area contributed by atoms with Crippen molar-refractivity contribution in [2.75, 3.05) is 80.0 Å². The van der Waals surface area contributed by atoms with E-state index in [4.69, 9.17) is 0 Å². The third-order valence-corrected chi connectivity index (χ3v) is 6.48. The number of amides is 2. The van der Waals surface area contributed by atoms with E-state index in [-0.39, 0.29) is 11.8 Å². The molecule has 0 spiro atoms. The van der Waals surface area contributed by atoms with Crippen LogP contribution in [0, 0.1) is 0 Å². The average Bonchev–Trinajstić information content (AvgIpc) is 2.79. The van der Waals surface area contributed by atoms with Crippen molar-refractivity contribution in [2.24, 2.45) is 0 Å². The zero-order chi connectivity index (χ0) is 22.2. The summed E-state index contributed by atoms with van der Waals surface area (Å²) in [7, 11) is 5.51. The summed E-state index contributed by atoms with van der Waals surface area (Å²) in [6.07, 6.45) is 3.90. The van der Waals surface area contributed by atoms with Crippen LogP contribution in [0.1, 0.15) is 35.2 Å². The molecule has 0 bridgehead atoms. The van der Waals surface area contributed by atoms with Crippen molar-refractivity contribution in [1.29, 1.82) is 0 Å². The molecule has 1 aromatic carbocycles. The summed E-state index contributed by atoms with van der Waals surface area (Å²) < 4.78 is 0. The fourth-order valence-electron chi connectivity index (χ4n) is 4.25. The molecule has 2 saturated heterocycles. The highest BCUT2D eigenvalue weighted by atomic mass is 16.2. The number of carbonyl (C=O) groups is 2. The largest absolute Gasteiger partial charge is 0.348 e. The number of rotatable bonds is 8. The zero-order valence-electron chi connectivity index (χ0n) is 19.6. The van der Waals surface area contributed by atoms with Gasteiger partial charge in [0.25, 0.3) is 5.91 Å². The van der Waals surface area contributed by atoms with Crippen LogP contribution in [0.4, 0.5) is 0 Å². The maximum absolute atomic E-state index is 12.8. The van der Waals surface area contributed by atoms with Crippen molar-refractivity contribution in [2.45, 2.75) is 25.8 Å². The van der Waals surface area contributed by atoms with Gasteiger partial charge in [-0.2, -0.15) is 0 Å². The van der Waals surface area contributed by atoms with E-state index in [1.54, 1.807) is 19.0 Å². The normalized spacial score (nSPS) is 18.7. The fourth-order valence-corrected chi connectivity index (χ4v) is 4.25. The van der Waals surface area contributed by atoms with Crippen LogP contribution < -0.4 is 0 Å². The van der Waals surface area contributed by atoms with Gasteiger partial charge in [-0.15, -0.1) is 0 Å². The smallest absolute Gasteiger partial charge is 0.253 e. The Morgan fingerprint density at radius 3 is 2.03 bits per heavy atom. The Morgan fingerprint density at radius 2 is 1.42 bits per heavy atom. The minimum atomic E-state index is 0.0998. The lowest BCUT2D eigenvalue weighted by atomic mass is 10.1. The predicted molar refractivity (Wildman–Crippen MR) is 124 cm³/mol. The van der Waals surface area contributed by atoms with E-state index in [0.29, 0.717) is 6.54 Å². The number of hydrogen-bond donors (Lipinski definition) is 0. The van der Waals surface area contributed by atoms with E-state index in [9.17, 15) is 9.59 Å². The van der Waals surface area contributed by atoms with Gasteiger partial charge in [0.15, 0.2) is 0 Å². The standard InChI is InChI=1S/C24H39N5O2/c1-25(2)23(30)20-29-17-15-28(16-18-29)19-21-7-9-22(10-8-21)24(31)26(3)13-14-27-11-5-4-6-12-27/h7-10H,4-6,11-20H2,1-3H3. The van der Waals surface area contributed by atoms with Gasteiger partial charge in [-0.1, -0.05) is 18.6 Å². The first kappa shape index (κ1) is 23.7. The monoisotopic (exact) mass is 429 g/mol. The zero-order valence-corrected chi connectivity index (χ0v) is 19.6. The molecule has 0 aliphatic carbocycles. The summed E-state index contributed by atoms with van der Waals surface area (Å²) in [5, 5.41) is 0. The molecule has 0 atom stereocenters. The minimum absolute atomic E-state index is 0.0998. The summed E-state index contributed by atoms with van der Waals surface area (Å²) in [6.45, 7) is 9.20. The van der Waals surface area contributed by atoms with Gasteiger partial charge in [0, 0.05) is 72.5 Å². The molecular weight excluding hydrogens is 390 g/mol. The van der Waals surface area contributed by atoms with Crippen LogP contribution in [0.15, 0.2) is 24.3 Å². The van der Waals surface area contributed by atoms with Gasteiger partial charge in [0.1, 0.15) is 0 Å². The molecular formula is C24H39N5O2. The van der Waals surface area contributed by atoms with Gasteiger partial charge < -0.3 is 14.7 Å². The number of benzene rings is 1. The van der Waals surface area contributed by atoms with E-state index in [1.807, 2.05) is 24.1 Å². The topological polar surface area (TPSA) is 50.3 Å². The minimum Gasteiger partial charge on any atom is -0.348 e. The van der Waals surface area contributed by atoms with Gasteiger partial charge in [-0.05, 0) is 43.6 Å². The number of piperazine rings is 1. The van der Waals surface area contributed by atoms with Crippen molar-refractivity contribution < 1.29 is 9.59 Å². The highest BCUT2D eigenvalue weighted by Gasteiger charge is 2.20. The van der Waals surface area contributed by atoms with Crippen molar-refractivity contribution >= 4 is 11.8 Å². The number of piperidine rings is 1. The lowest BCUT2D eigenvalue weighted by Gasteiger charge is -2.34. The second-order valence-electron chi connectivity index (χ2n) is 9.17. The van der Waals surface area contributed by atoms with Gasteiger partial charge in [-0.3, -0.25) is 19.4 Å². The second-order valence-corrected chi connectivity index (χ2v) is 9.17. The Labute approximate surface area is 187 Å². The highest BCUT2D eigenvalue weighted by molar-refractivity contribution is 5.94. The molecule has 2 fully saturated rings. The SMILES string of the molecule is CN(C)C(=O)CN1CCN(Cc2ccc(C(=O)N(C)CCN3CCCCC3)cc2)CC1. The molecule has 7 nitrogen and oxygen atoms in total. The van der Waals surface area contributed by atoms with Gasteiger partial charge in [-0.25, -0.2) is 0 Å². The maximum atomic E-state index is 12.8. The average molecular weight is 430 g/mol. The van der Waals surface area contributed by atoms with Gasteiger partial charge in [0.2, 0.25) is 5.91 Å². The molecule has 31 heavy (non-hydrogen) atoms. The van der Waals surface area contributed by atoms with Crippen LogP contribution in [0.3, 0.4) is 0 Å². The number of likely N-dealkylation sites (tertiary alicyclic amines) is 1. The Bertz CT molecular complexity index is 707. The fraction of sp³-hybridized carbons (Fsp3) is 0.667.